The normalized spacial score (nSPS) is 16.0. The van der Waals surface area contributed by atoms with Crippen LogP contribution in [0.5, 0.6) is 0 Å². The Kier molecular flexibility index (Phi) is 10.4. The first kappa shape index (κ1) is 26.4. The van der Waals surface area contributed by atoms with Gasteiger partial charge < -0.3 is 36.9 Å². The number of aliphatic carboxylic acids is 1. The van der Waals surface area contributed by atoms with Gasteiger partial charge in [-0.15, -0.1) is 0 Å². The average molecular weight is 459 g/mol. The number of imidazole rings is 1. The maximum absolute atomic E-state index is 12.8. The van der Waals surface area contributed by atoms with Gasteiger partial charge in [0.05, 0.1) is 18.5 Å². The van der Waals surface area contributed by atoms with Crippen LogP contribution >= 0.6 is 12.6 Å². The Hall–Kier alpha value is -2.64. The molecule has 0 saturated carbocycles. The fourth-order valence-electron chi connectivity index (χ4n) is 2.62. The van der Waals surface area contributed by atoms with Gasteiger partial charge in [-0.1, -0.05) is 13.8 Å². The number of aromatic nitrogens is 2. The number of nitrogens with two attached hydrogens (primary N) is 1. The van der Waals surface area contributed by atoms with Gasteiger partial charge in [-0.3, -0.25) is 14.4 Å². The second kappa shape index (κ2) is 12.3. The summed E-state index contributed by atoms with van der Waals surface area (Å²) < 4.78 is 0. The molecule has 174 valence electrons. The van der Waals surface area contributed by atoms with Crippen molar-refractivity contribution in [1.82, 2.24) is 25.9 Å². The molecule has 1 aromatic rings. The molecular formula is C18H30N6O6S. The van der Waals surface area contributed by atoms with Crippen molar-refractivity contribution in [2.75, 3.05) is 5.75 Å². The third-order valence-electron chi connectivity index (χ3n) is 4.44. The van der Waals surface area contributed by atoms with E-state index < -0.39 is 54.0 Å². The van der Waals surface area contributed by atoms with E-state index in [1.54, 1.807) is 13.8 Å². The summed E-state index contributed by atoms with van der Waals surface area (Å²) >= 11 is 3.86. The Bertz CT molecular complexity index is 757. The standard InChI is InChI=1S/C18H30N6O6S/c1-8(2)13(23-15(26)11(19)4-10-5-20-7-21-10)16(27)24-14(9(3)25)17(28)22-12(6-31)18(29)30/h5,7-9,11-14,25,31H,4,6,19H2,1-3H3,(H,20,21)(H,22,28)(H,23,26)(H,24,27)(H,29,30). The van der Waals surface area contributed by atoms with E-state index in [1.165, 1.54) is 19.4 Å². The number of rotatable bonds is 12. The molecule has 8 N–H and O–H groups in total. The van der Waals surface area contributed by atoms with Crippen LogP contribution in [0, 0.1) is 5.92 Å². The largest absolute Gasteiger partial charge is 0.480 e. The number of carbonyl (C=O) groups is 4. The first-order chi connectivity index (χ1) is 14.5. The molecule has 0 aromatic carbocycles. The van der Waals surface area contributed by atoms with Gasteiger partial charge in [-0.25, -0.2) is 9.78 Å². The van der Waals surface area contributed by atoms with Crippen LogP contribution in [-0.4, -0.2) is 79.9 Å². The lowest BCUT2D eigenvalue weighted by atomic mass is 10.0. The van der Waals surface area contributed by atoms with Gasteiger partial charge in [0.15, 0.2) is 0 Å². The maximum atomic E-state index is 12.8. The highest BCUT2D eigenvalue weighted by Gasteiger charge is 2.33. The summed E-state index contributed by atoms with van der Waals surface area (Å²) in [5.74, 6) is -4.06. The maximum Gasteiger partial charge on any atom is 0.327 e. The highest BCUT2D eigenvalue weighted by atomic mass is 32.1. The van der Waals surface area contributed by atoms with Crippen LogP contribution in [0.2, 0.25) is 0 Å². The summed E-state index contributed by atoms with van der Waals surface area (Å²) in [5.41, 5.74) is 6.54. The van der Waals surface area contributed by atoms with Crippen molar-refractivity contribution in [3.63, 3.8) is 0 Å². The average Bonchev–Trinajstić information content (AvgIpc) is 3.19. The molecule has 0 aliphatic rings. The zero-order valence-corrected chi connectivity index (χ0v) is 18.4. The number of H-pyrrole nitrogens is 1. The molecule has 0 bridgehead atoms. The van der Waals surface area contributed by atoms with Gasteiger partial charge in [-0.05, 0) is 12.8 Å². The fourth-order valence-corrected chi connectivity index (χ4v) is 2.86. The van der Waals surface area contributed by atoms with Crippen molar-refractivity contribution in [2.45, 2.75) is 57.5 Å². The molecule has 5 unspecified atom stereocenters. The summed E-state index contributed by atoms with van der Waals surface area (Å²) in [6.45, 7) is 4.64. The first-order valence-electron chi connectivity index (χ1n) is 9.63. The highest BCUT2D eigenvalue weighted by Crippen LogP contribution is 2.06. The third kappa shape index (κ3) is 8.19. The van der Waals surface area contributed by atoms with Crippen molar-refractivity contribution in [3.05, 3.63) is 18.2 Å². The van der Waals surface area contributed by atoms with E-state index in [1.807, 2.05) is 0 Å². The van der Waals surface area contributed by atoms with Crippen molar-refractivity contribution >= 4 is 36.3 Å². The Morgan fingerprint density at radius 2 is 1.68 bits per heavy atom. The smallest absolute Gasteiger partial charge is 0.327 e. The lowest BCUT2D eigenvalue weighted by Crippen LogP contribution is -2.61. The van der Waals surface area contributed by atoms with Crippen molar-refractivity contribution < 1.29 is 29.4 Å². The van der Waals surface area contributed by atoms with E-state index in [-0.39, 0.29) is 18.1 Å². The quantitative estimate of drug-likeness (QED) is 0.161. The molecule has 1 aromatic heterocycles. The number of aliphatic hydroxyl groups excluding tert-OH is 1. The zero-order valence-electron chi connectivity index (χ0n) is 17.5. The molecule has 0 fully saturated rings. The summed E-state index contributed by atoms with van der Waals surface area (Å²) in [5, 5.41) is 26.1. The molecule has 1 heterocycles. The SMILES string of the molecule is CC(C)C(NC(=O)C(N)Cc1cnc[nH]1)C(=O)NC(C(=O)NC(CS)C(=O)O)C(C)O. The Balaban J connectivity index is 2.83. The van der Waals surface area contributed by atoms with E-state index in [0.717, 1.165) is 0 Å². The highest BCUT2D eigenvalue weighted by molar-refractivity contribution is 7.80. The number of carbonyl (C=O) groups excluding carboxylic acids is 3. The second-order valence-corrected chi connectivity index (χ2v) is 7.79. The molecular weight excluding hydrogens is 428 g/mol. The molecule has 0 spiro atoms. The Morgan fingerprint density at radius 1 is 1.10 bits per heavy atom. The van der Waals surface area contributed by atoms with Gasteiger partial charge >= 0.3 is 5.97 Å². The number of nitrogens with zero attached hydrogens (tertiary/aromatic N) is 1. The number of carboxylic acid groups (broad SMARTS) is 1. The van der Waals surface area contributed by atoms with Gasteiger partial charge in [0.1, 0.15) is 18.1 Å². The molecule has 0 aliphatic heterocycles. The summed E-state index contributed by atoms with van der Waals surface area (Å²) in [4.78, 5) is 55.4. The molecule has 0 radical (unpaired) electrons. The topological polar surface area (TPSA) is 200 Å². The minimum Gasteiger partial charge on any atom is -0.480 e. The van der Waals surface area contributed by atoms with E-state index in [2.05, 4.69) is 38.5 Å². The van der Waals surface area contributed by atoms with Crippen LogP contribution in [0.3, 0.4) is 0 Å². The Labute approximate surface area is 185 Å². The van der Waals surface area contributed by atoms with Gasteiger partial charge in [0, 0.05) is 24.1 Å². The molecule has 12 nitrogen and oxygen atoms in total. The molecule has 1 rings (SSSR count). The third-order valence-corrected chi connectivity index (χ3v) is 4.80. The minimum absolute atomic E-state index is 0.178. The summed E-state index contributed by atoms with van der Waals surface area (Å²) in [6, 6.07) is -4.73. The van der Waals surface area contributed by atoms with E-state index in [4.69, 9.17) is 10.8 Å². The summed E-state index contributed by atoms with van der Waals surface area (Å²) in [7, 11) is 0. The molecule has 0 saturated heterocycles. The number of aromatic amines is 1. The number of hydrogen-bond acceptors (Lipinski definition) is 8. The molecule has 13 heteroatoms. The second-order valence-electron chi connectivity index (χ2n) is 7.43. The number of nitrogens with one attached hydrogen (secondary N) is 4. The molecule has 0 aliphatic carbocycles. The number of aliphatic hydroxyl groups is 1. The van der Waals surface area contributed by atoms with Crippen LogP contribution in [-0.2, 0) is 25.6 Å². The zero-order chi connectivity index (χ0) is 23.7. The predicted molar refractivity (Wildman–Crippen MR) is 114 cm³/mol. The van der Waals surface area contributed by atoms with Crippen molar-refractivity contribution in [2.24, 2.45) is 11.7 Å². The van der Waals surface area contributed by atoms with Crippen LogP contribution in [0.25, 0.3) is 0 Å². The minimum atomic E-state index is -1.44. The predicted octanol–water partition coefficient (Wildman–Crippen LogP) is -2.21. The number of amides is 3. The monoisotopic (exact) mass is 458 g/mol. The summed E-state index contributed by atoms with van der Waals surface area (Å²) in [6.07, 6.45) is 1.83. The van der Waals surface area contributed by atoms with Crippen molar-refractivity contribution in [1.29, 1.82) is 0 Å². The number of thiol groups is 1. The van der Waals surface area contributed by atoms with E-state index in [0.29, 0.717) is 5.69 Å². The number of carboxylic acids is 1. The van der Waals surface area contributed by atoms with Gasteiger partial charge in [-0.2, -0.15) is 12.6 Å². The van der Waals surface area contributed by atoms with Crippen LogP contribution in [0.1, 0.15) is 26.5 Å². The molecule has 31 heavy (non-hydrogen) atoms. The molecule has 3 amide bonds. The van der Waals surface area contributed by atoms with E-state index in [9.17, 15) is 24.3 Å². The molecule has 5 atom stereocenters. The van der Waals surface area contributed by atoms with Crippen molar-refractivity contribution in [3.8, 4) is 0 Å². The fraction of sp³-hybridized carbons (Fsp3) is 0.611. The first-order valence-corrected chi connectivity index (χ1v) is 10.3. The van der Waals surface area contributed by atoms with E-state index >= 15 is 0 Å². The Morgan fingerprint density at radius 3 is 2.13 bits per heavy atom. The number of hydrogen-bond donors (Lipinski definition) is 8. The van der Waals surface area contributed by atoms with Gasteiger partial charge in [0.25, 0.3) is 0 Å². The lowest BCUT2D eigenvalue weighted by molar-refractivity contribution is -0.142. The lowest BCUT2D eigenvalue weighted by Gasteiger charge is -2.27. The van der Waals surface area contributed by atoms with Crippen LogP contribution < -0.4 is 21.7 Å². The van der Waals surface area contributed by atoms with Crippen LogP contribution in [0.4, 0.5) is 0 Å². The van der Waals surface area contributed by atoms with Crippen LogP contribution in [0.15, 0.2) is 12.5 Å². The van der Waals surface area contributed by atoms with Gasteiger partial charge in [0.2, 0.25) is 17.7 Å².